The fourth-order valence-corrected chi connectivity index (χ4v) is 4.93. The number of carbonyl (C=O) groups excluding carboxylic acids is 1. The van der Waals surface area contributed by atoms with Crippen molar-refractivity contribution in [3.05, 3.63) is 57.5 Å². The normalized spacial score (nSPS) is 17.7. The minimum atomic E-state index is -0.572. The number of fused-ring (bicyclic) bond motifs is 1. The lowest BCUT2D eigenvalue weighted by Gasteiger charge is -2.32. The molecule has 1 saturated heterocycles. The summed E-state index contributed by atoms with van der Waals surface area (Å²) >= 11 is 13.0. The van der Waals surface area contributed by atoms with Crippen molar-refractivity contribution in [2.75, 3.05) is 32.6 Å². The molecule has 2 aromatic heterocycles. The van der Waals surface area contributed by atoms with Crippen molar-refractivity contribution in [3.63, 3.8) is 0 Å². The van der Waals surface area contributed by atoms with Gasteiger partial charge in [-0.25, -0.2) is 9.78 Å². The third kappa shape index (κ3) is 5.15. The summed E-state index contributed by atoms with van der Waals surface area (Å²) in [6, 6.07) is 4.82. The molecule has 0 amide bonds. The zero-order valence-corrected chi connectivity index (χ0v) is 20.8. The van der Waals surface area contributed by atoms with Gasteiger partial charge in [-0.2, -0.15) is 0 Å². The molecule has 3 aromatic rings. The molecule has 4 rings (SSSR count). The number of methoxy groups -OCH3 is 2. The molecule has 2 atom stereocenters. The lowest BCUT2D eigenvalue weighted by atomic mass is 9.88. The summed E-state index contributed by atoms with van der Waals surface area (Å²) in [6.07, 6.45) is 4.19. The van der Waals surface area contributed by atoms with E-state index in [1.54, 1.807) is 24.4 Å². The fourth-order valence-electron chi connectivity index (χ4n) is 4.25. The van der Waals surface area contributed by atoms with Crippen LogP contribution in [0, 0.1) is 5.92 Å². The predicted molar refractivity (Wildman–Crippen MR) is 137 cm³/mol. The minimum absolute atomic E-state index is 0.00911. The number of piperidine rings is 1. The Bertz CT molecular complexity index is 1310. The highest BCUT2D eigenvalue weighted by atomic mass is 35.5. The third-order valence-electron chi connectivity index (χ3n) is 6.11. The van der Waals surface area contributed by atoms with Crippen LogP contribution in [0.4, 0.5) is 5.82 Å². The number of halogens is 2. The van der Waals surface area contributed by atoms with Gasteiger partial charge >= 0.3 is 5.63 Å². The number of carbonyl (C=O) groups is 1. The van der Waals surface area contributed by atoms with Crippen molar-refractivity contribution in [1.29, 1.82) is 0 Å². The van der Waals surface area contributed by atoms with Crippen molar-refractivity contribution in [2.45, 2.75) is 18.9 Å². The number of nitrogens with zero attached hydrogens (tertiary/aromatic N) is 1. The summed E-state index contributed by atoms with van der Waals surface area (Å²) in [4.78, 5) is 29.3. The highest BCUT2D eigenvalue weighted by Gasteiger charge is 2.27. The van der Waals surface area contributed by atoms with Gasteiger partial charge in [0.25, 0.3) is 0 Å². The van der Waals surface area contributed by atoms with Crippen molar-refractivity contribution in [2.24, 2.45) is 5.92 Å². The van der Waals surface area contributed by atoms with Gasteiger partial charge in [-0.3, -0.25) is 4.79 Å². The number of allylic oxidation sites excluding steroid dienone is 1. The first kappa shape index (κ1) is 25.0. The van der Waals surface area contributed by atoms with Crippen LogP contribution >= 0.6 is 23.2 Å². The maximum Gasteiger partial charge on any atom is 0.344 e. The van der Waals surface area contributed by atoms with Gasteiger partial charge in [-0.15, -0.1) is 0 Å². The van der Waals surface area contributed by atoms with Gasteiger partial charge in [0.1, 0.15) is 23.1 Å². The molecule has 0 aliphatic carbocycles. The number of hydrogen-bond acceptors (Lipinski definition) is 8. The second kappa shape index (κ2) is 10.7. The molecule has 2 N–H and O–H groups in total. The Kier molecular flexibility index (Phi) is 7.64. The zero-order valence-electron chi connectivity index (χ0n) is 19.3. The summed E-state index contributed by atoms with van der Waals surface area (Å²) in [5.74, 6) is 1.47. The molecular formula is C25H25Cl2N3O5. The first-order valence-corrected chi connectivity index (χ1v) is 11.8. The van der Waals surface area contributed by atoms with Crippen molar-refractivity contribution in [3.8, 4) is 22.8 Å². The molecule has 0 bridgehead atoms. The zero-order chi connectivity index (χ0) is 25.1. The van der Waals surface area contributed by atoms with Gasteiger partial charge in [0.05, 0.1) is 35.2 Å². The van der Waals surface area contributed by atoms with Gasteiger partial charge in [0.2, 0.25) is 0 Å². The highest BCUT2D eigenvalue weighted by Crippen LogP contribution is 2.46. The molecule has 3 heterocycles. The molecule has 184 valence electrons. The van der Waals surface area contributed by atoms with Gasteiger partial charge in [0, 0.05) is 36.7 Å². The van der Waals surface area contributed by atoms with E-state index in [0.29, 0.717) is 41.1 Å². The lowest BCUT2D eigenvalue weighted by molar-refractivity contribution is -0.115. The number of anilines is 1. The van der Waals surface area contributed by atoms with E-state index in [9.17, 15) is 9.59 Å². The summed E-state index contributed by atoms with van der Waals surface area (Å²) in [6.45, 7) is 5.08. The van der Waals surface area contributed by atoms with Gasteiger partial charge in [0.15, 0.2) is 5.78 Å². The SMILES string of the molecule is C=CC(=O)C[C@H]1CCNC[C@H]1Nc1cc2c(=O)oc(-c3c(Cl)c(OC)cc(OC)c3Cl)cc2cn1. The van der Waals surface area contributed by atoms with Crippen molar-refractivity contribution >= 4 is 45.6 Å². The van der Waals surface area contributed by atoms with Crippen LogP contribution in [0.25, 0.3) is 22.1 Å². The van der Waals surface area contributed by atoms with E-state index in [4.69, 9.17) is 37.1 Å². The van der Waals surface area contributed by atoms with E-state index < -0.39 is 5.63 Å². The lowest BCUT2D eigenvalue weighted by Crippen LogP contribution is -2.45. The number of hydrogen-bond donors (Lipinski definition) is 2. The van der Waals surface area contributed by atoms with Crippen LogP contribution in [-0.4, -0.2) is 44.1 Å². The van der Waals surface area contributed by atoms with E-state index >= 15 is 0 Å². The van der Waals surface area contributed by atoms with Gasteiger partial charge in [-0.1, -0.05) is 29.8 Å². The highest BCUT2D eigenvalue weighted by molar-refractivity contribution is 6.41. The standard InChI is InChI=1S/C25H25Cl2N3O5/c1-4-15(31)7-13-5-6-28-12-17(13)30-21-9-16-14(11-29-21)8-18(35-25(16)32)22-23(26)19(33-2)10-20(34-3)24(22)27/h4,8-11,13,17,28H,1,5-7,12H2,2-3H3,(H,29,30)/t13-,17-/m1/s1. The maximum absolute atomic E-state index is 13.0. The first-order chi connectivity index (χ1) is 16.9. The van der Waals surface area contributed by atoms with Gasteiger partial charge in [-0.05, 0) is 37.1 Å². The number of ether oxygens (including phenoxy) is 2. The Balaban J connectivity index is 1.69. The fraction of sp³-hybridized carbons (Fsp3) is 0.320. The smallest absolute Gasteiger partial charge is 0.344 e. The van der Waals surface area contributed by atoms with Crippen LogP contribution < -0.4 is 25.7 Å². The average molecular weight is 518 g/mol. The maximum atomic E-state index is 13.0. The molecule has 1 aliphatic heterocycles. The first-order valence-electron chi connectivity index (χ1n) is 11.0. The number of pyridine rings is 1. The average Bonchev–Trinajstić information content (AvgIpc) is 2.86. The van der Waals surface area contributed by atoms with E-state index in [0.717, 1.165) is 13.0 Å². The van der Waals surface area contributed by atoms with Crippen LogP contribution in [0.5, 0.6) is 11.5 Å². The Morgan fingerprint density at radius 1 is 1.26 bits per heavy atom. The van der Waals surface area contributed by atoms with Crippen LogP contribution in [0.2, 0.25) is 10.0 Å². The van der Waals surface area contributed by atoms with Crippen molar-refractivity contribution < 1.29 is 18.7 Å². The largest absolute Gasteiger partial charge is 0.495 e. The second-order valence-corrected chi connectivity index (χ2v) is 8.97. The van der Waals surface area contributed by atoms with Crippen molar-refractivity contribution in [1.82, 2.24) is 10.3 Å². The molecular weight excluding hydrogens is 493 g/mol. The number of benzene rings is 1. The molecule has 0 radical (unpaired) electrons. The topological polar surface area (TPSA) is 103 Å². The van der Waals surface area contributed by atoms with E-state index in [1.165, 1.54) is 20.3 Å². The Labute approximate surface area is 212 Å². The third-order valence-corrected chi connectivity index (χ3v) is 6.86. The second-order valence-electron chi connectivity index (χ2n) is 8.22. The molecule has 0 spiro atoms. The summed E-state index contributed by atoms with van der Waals surface area (Å²) in [5.41, 5.74) is -0.286. The predicted octanol–water partition coefficient (Wildman–Crippen LogP) is 4.71. The van der Waals surface area contributed by atoms with Gasteiger partial charge < -0.3 is 24.5 Å². The quantitative estimate of drug-likeness (QED) is 0.414. The van der Waals surface area contributed by atoms with Crippen LogP contribution in [0.3, 0.4) is 0 Å². The van der Waals surface area contributed by atoms with E-state index in [2.05, 4.69) is 22.2 Å². The summed E-state index contributed by atoms with van der Waals surface area (Å²) in [5, 5.41) is 7.96. The monoisotopic (exact) mass is 517 g/mol. The van der Waals surface area contributed by atoms with Crippen LogP contribution in [0.1, 0.15) is 12.8 Å². The minimum Gasteiger partial charge on any atom is -0.495 e. The van der Waals surface area contributed by atoms with E-state index in [-0.39, 0.29) is 39.1 Å². The molecule has 1 aliphatic rings. The molecule has 1 aromatic carbocycles. The Hall–Kier alpha value is -3.07. The molecule has 1 fully saturated rings. The van der Waals surface area contributed by atoms with E-state index in [1.807, 2.05) is 0 Å². The Morgan fingerprint density at radius 3 is 2.63 bits per heavy atom. The molecule has 0 saturated carbocycles. The number of nitrogens with one attached hydrogen (secondary N) is 2. The Morgan fingerprint density at radius 2 is 1.97 bits per heavy atom. The van der Waals surface area contributed by atoms with Crippen LogP contribution in [0.15, 0.2) is 46.3 Å². The number of ketones is 1. The molecule has 0 unspecified atom stereocenters. The summed E-state index contributed by atoms with van der Waals surface area (Å²) in [7, 11) is 2.93. The number of aromatic nitrogens is 1. The molecule has 35 heavy (non-hydrogen) atoms. The number of rotatable bonds is 8. The van der Waals surface area contributed by atoms with Crippen LogP contribution in [-0.2, 0) is 4.79 Å². The molecule has 8 nitrogen and oxygen atoms in total. The summed E-state index contributed by atoms with van der Waals surface area (Å²) < 4.78 is 16.2. The molecule has 10 heteroatoms.